The highest BCUT2D eigenvalue weighted by Crippen LogP contribution is 2.36. The Labute approximate surface area is 120 Å². The molecule has 1 heterocycles. The van der Waals surface area contributed by atoms with Crippen LogP contribution >= 0.6 is 0 Å². The Morgan fingerprint density at radius 3 is 2.25 bits per heavy atom. The summed E-state index contributed by atoms with van der Waals surface area (Å²) in [5.74, 6) is 1.61. The summed E-state index contributed by atoms with van der Waals surface area (Å²) in [6, 6.07) is 4.16. The molecule has 0 atom stereocenters. The minimum absolute atomic E-state index is 0.776. The Hall–Kier alpha value is -2.10. The van der Waals surface area contributed by atoms with Gasteiger partial charge in [0.15, 0.2) is 5.82 Å². The first-order valence-electron chi connectivity index (χ1n) is 6.66. The van der Waals surface area contributed by atoms with E-state index in [4.69, 9.17) is 9.72 Å². The van der Waals surface area contributed by atoms with Gasteiger partial charge in [-0.25, -0.2) is 9.97 Å². The standard InChI is InChI=1S/C16H21N3O/c1-9-7-10(2)14(13(8-9)20-6)15-16(17-5)19-12(4)11(3)18-15/h7-8H,1-6H3,(H,17,19). The third kappa shape index (κ3) is 2.46. The van der Waals surface area contributed by atoms with E-state index in [9.17, 15) is 0 Å². The van der Waals surface area contributed by atoms with Crippen LogP contribution in [-0.4, -0.2) is 24.1 Å². The van der Waals surface area contributed by atoms with Gasteiger partial charge in [-0.05, 0) is 44.9 Å². The molecular weight excluding hydrogens is 250 g/mol. The molecule has 1 aromatic carbocycles. The Morgan fingerprint density at radius 1 is 1.00 bits per heavy atom. The largest absolute Gasteiger partial charge is 0.496 e. The van der Waals surface area contributed by atoms with Crippen molar-refractivity contribution in [2.75, 3.05) is 19.5 Å². The van der Waals surface area contributed by atoms with Gasteiger partial charge in [0, 0.05) is 12.6 Å². The number of anilines is 1. The Kier molecular flexibility index (Phi) is 3.93. The number of rotatable bonds is 3. The summed E-state index contributed by atoms with van der Waals surface area (Å²) in [4.78, 5) is 9.29. The van der Waals surface area contributed by atoms with Crippen LogP contribution in [0.4, 0.5) is 5.82 Å². The van der Waals surface area contributed by atoms with Crippen molar-refractivity contribution in [3.05, 3.63) is 34.6 Å². The van der Waals surface area contributed by atoms with Gasteiger partial charge in [0.1, 0.15) is 11.4 Å². The van der Waals surface area contributed by atoms with Gasteiger partial charge in [-0.1, -0.05) is 6.07 Å². The third-order valence-corrected chi connectivity index (χ3v) is 3.44. The number of aryl methyl sites for hydroxylation is 4. The molecule has 0 radical (unpaired) electrons. The molecule has 0 aliphatic rings. The molecule has 0 saturated carbocycles. The zero-order valence-corrected chi connectivity index (χ0v) is 13.0. The lowest BCUT2D eigenvalue weighted by Gasteiger charge is -2.16. The lowest BCUT2D eigenvalue weighted by Crippen LogP contribution is -2.04. The van der Waals surface area contributed by atoms with Crippen molar-refractivity contribution in [1.82, 2.24) is 9.97 Å². The van der Waals surface area contributed by atoms with Crippen molar-refractivity contribution in [2.24, 2.45) is 0 Å². The van der Waals surface area contributed by atoms with E-state index >= 15 is 0 Å². The lowest BCUT2D eigenvalue weighted by molar-refractivity contribution is 0.415. The number of aromatic nitrogens is 2. The Balaban J connectivity index is 2.77. The molecule has 0 aliphatic carbocycles. The quantitative estimate of drug-likeness (QED) is 0.929. The molecule has 0 spiro atoms. The molecule has 0 unspecified atom stereocenters. The first kappa shape index (κ1) is 14.3. The minimum atomic E-state index is 0.776. The normalized spacial score (nSPS) is 10.5. The lowest BCUT2D eigenvalue weighted by atomic mass is 10.0. The SMILES string of the molecule is CNc1nc(C)c(C)nc1-c1c(C)cc(C)cc1OC. The van der Waals surface area contributed by atoms with Gasteiger partial charge in [-0.15, -0.1) is 0 Å². The summed E-state index contributed by atoms with van der Waals surface area (Å²) < 4.78 is 5.54. The van der Waals surface area contributed by atoms with E-state index in [1.807, 2.05) is 27.0 Å². The summed E-state index contributed by atoms with van der Waals surface area (Å²) >= 11 is 0. The molecule has 0 aliphatic heterocycles. The van der Waals surface area contributed by atoms with Crippen LogP contribution in [-0.2, 0) is 0 Å². The van der Waals surface area contributed by atoms with E-state index in [-0.39, 0.29) is 0 Å². The maximum absolute atomic E-state index is 5.54. The molecular formula is C16H21N3O. The van der Waals surface area contributed by atoms with Crippen LogP contribution in [0.1, 0.15) is 22.5 Å². The van der Waals surface area contributed by atoms with Crippen LogP contribution in [0.15, 0.2) is 12.1 Å². The second kappa shape index (κ2) is 5.49. The first-order valence-corrected chi connectivity index (χ1v) is 6.66. The number of ether oxygens (including phenoxy) is 1. The zero-order chi connectivity index (χ0) is 14.9. The van der Waals surface area contributed by atoms with E-state index in [2.05, 4.69) is 30.2 Å². The van der Waals surface area contributed by atoms with Gasteiger partial charge >= 0.3 is 0 Å². The van der Waals surface area contributed by atoms with Gasteiger partial charge in [-0.3, -0.25) is 0 Å². The minimum Gasteiger partial charge on any atom is -0.496 e. The molecule has 0 bridgehead atoms. The second-order valence-electron chi connectivity index (χ2n) is 5.00. The predicted octanol–water partition coefficient (Wildman–Crippen LogP) is 3.43. The Bertz CT molecular complexity index is 651. The van der Waals surface area contributed by atoms with Crippen LogP contribution in [0, 0.1) is 27.7 Å². The smallest absolute Gasteiger partial charge is 0.152 e. The van der Waals surface area contributed by atoms with Gasteiger partial charge in [0.25, 0.3) is 0 Å². The maximum atomic E-state index is 5.54. The predicted molar refractivity (Wildman–Crippen MR) is 82.5 cm³/mol. The molecule has 0 amide bonds. The molecule has 106 valence electrons. The second-order valence-corrected chi connectivity index (χ2v) is 5.00. The molecule has 2 rings (SSSR count). The van der Waals surface area contributed by atoms with Gasteiger partial charge < -0.3 is 10.1 Å². The fourth-order valence-electron chi connectivity index (χ4n) is 2.34. The average Bonchev–Trinajstić information content (AvgIpc) is 2.40. The third-order valence-electron chi connectivity index (χ3n) is 3.44. The number of benzene rings is 1. The Morgan fingerprint density at radius 2 is 1.65 bits per heavy atom. The van der Waals surface area contributed by atoms with E-state index < -0.39 is 0 Å². The van der Waals surface area contributed by atoms with Gasteiger partial charge in [0.2, 0.25) is 0 Å². The number of nitrogens with one attached hydrogen (secondary N) is 1. The van der Waals surface area contributed by atoms with Crippen LogP contribution in [0.2, 0.25) is 0 Å². The number of hydrogen-bond acceptors (Lipinski definition) is 4. The van der Waals surface area contributed by atoms with Gasteiger partial charge in [0.05, 0.1) is 18.5 Å². The summed E-state index contributed by atoms with van der Waals surface area (Å²) in [5, 5.41) is 3.13. The van der Waals surface area contributed by atoms with E-state index in [1.165, 1.54) is 5.56 Å². The van der Waals surface area contributed by atoms with Crippen LogP contribution in [0.25, 0.3) is 11.3 Å². The highest BCUT2D eigenvalue weighted by atomic mass is 16.5. The summed E-state index contributed by atoms with van der Waals surface area (Å²) in [6.07, 6.45) is 0. The fourth-order valence-corrected chi connectivity index (χ4v) is 2.34. The molecule has 4 nitrogen and oxygen atoms in total. The van der Waals surface area contributed by atoms with Crippen molar-refractivity contribution in [2.45, 2.75) is 27.7 Å². The van der Waals surface area contributed by atoms with Crippen molar-refractivity contribution in [3.8, 4) is 17.0 Å². The average molecular weight is 271 g/mol. The van der Waals surface area contributed by atoms with Crippen LogP contribution in [0.5, 0.6) is 5.75 Å². The van der Waals surface area contributed by atoms with Crippen molar-refractivity contribution < 1.29 is 4.74 Å². The fraction of sp³-hybridized carbons (Fsp3) is 0.375. The summed E-state index contributed by atoms with van der Waals surface area (Å²) in [5.41, 5.74) is 6.01. The highest BCUT2D eigenvalue weighted by molar-refractivity contribution is 5.79. The zero-order valence-electron chi connectivity index (χ0n) is 13.0. The van der Waals surface area contributed by atoms with E-state index in [0.29, 0.717) is 0 Å². The van der Waals surface area contributed by atoms with Gasteiger partial charge in [-0.2, -0.15) is 0 Å². The van der Waals surface area contributed by atoms with E-state index in [0.717, 1.165) is 39.8 Å². The first-order chi connectivity index (χ1) is 9.47. The number of nitrogens with zero attached hydrogens (tertiary/aromatic N) is 2. The number of methoxy groups -OCH3 is 1. The van der Waals surface area contributed by atoms with Crippen molar-refractivity contribution in [1.29, 1.82) is 0 Å². The highest BCUT2D eigenvalue weighted by Gasteiger charge is 2.17. The summed E-state index contributed by atoms with van der Waals surface area (Å²) in [7, 11) is 3.55. The molecule has 4 heteroatoms. The molecule has 0 saturated heterocycles. The monoisotopic (exact) mass is 271 g/mol. The molecule has 2 aromatic rings. The molecule has 1 aromatic heterocycles. The number of hydrogen-bond donors (Lipinski definition) is 1. The maximum Gasteiger partial charge on any atom is 0.152 e. The molecule has 1 N–H and O–H groups in total. The topological polar surface area (TPSA) is 47.0 Å². The van der Waals surface area contributed by atoms with Crippen LogP contribution < -0.4 is 10.1 Å². The van der Waals surface area contributed by atoms with E-state index in [1.54, 1.807) is 7.11 Å². The van der Waals surface area contributed by atoms with Crippen LogP contribution in [0.3, 0.4) is 0 Å². The summed E-state index contributed by atoms with van der Waals surface area (Å²) in [6.45, 7) is 8.07. The molecule has 0 fully saturated rings. The molecule has 20 heavy (non-hydrogen) atoms. The van der Waals surface area contributed by atoms with Crippen molar-refractivity contribution in [3.63, 3.8) is 0 Å². The van der Waals surface area contributed by atoms with Crippen molar-refractivity contribution >= 4 is 5.82 Å².